The zero-order valence-electron chi connectivity index (χ0n) is 15.0. The number of rotatable bonds is 8. The number of thioether (sulfide) groups is 1. The molecule has 0 aliphatic carbocycles. The number of halogens is 1. The van der Waals surface area contributed by atoms with Gasteiger partial charge in [-0.25, -0.2) is 9.37 Å². The minimum Gasteiger partial charge on any atom is -0.489 e. The quantitative estimate of drug-likeness (QED) is 0.564. The van der Waals surface area contributed by atoms with E-state index in [-0.39, 0.29) is 23.8 Å². The van der Waals surface area contributed by atoms with Gasteiger partial charge in [-0.05, 0) is 32.9 Å². The second-order valence-electron chi connectivity index (χ2n) is 5.65. The van der Waals surface area contributed by atoms with Gasteiger partial charge in [-0.15, -0.1) is 0 Å². The average Bonchev–Trinajstić information content (AvgIpc) is 2.58. The Morgan fingerprint density at radius 1 is 1.42 bits per heavy atom. The van der Waals surface area contributed by atoms with Crippen molar-refractivity contribution in [3.05, 3.63) is 52.2 Å². The fourth-order valence-corrected chi connectivity index (χ4v) is 3.28. The van der Waals surface area contributed by atoms with Gasteiger partial charge >= 0.3 is 0 Å². The lowest BCUT2D eigenvalue weighted by molar-refractivity contribution is -0.130. The first-order valence-corrected chi connectivity index (χ1v) is 9.19. The van der Waals surface area contributed by atoms with Crippen LogP contribution < -0.4 is 10.3 Å². The van der Waals surface area contributed by atoms with E-state index in [1.807, 2.05) is 6.92 Å². The molecule has 1 heterocycles. The number of aromatic nitrogens is 2. The molecule has 0 saturated heterocycles. The van der Waals surface area contributed by atoms with Crippen LogP contribution in [0.2, 0.25) is 0 Å². The SMILES string of the molecule is CCN(CCOc1ccccc1F)C(=O)C(C)Sc1nc(C)cc(=O)[nH]1. The van der Waals surface area contributed by atoms with Crippen LogP contribution in [0.15, 0.2) is 40.3 Å². The number of ether oxygens (including phenoxy) is 1. The summed E-state index contributed by atoms with van der Waals surface area (Å²) in [6.45, 7) is 6.39. The summed E-state index contributed by atoms with van der Waals surface area (Å²) in [6.07, 6.45) is 0. The molecule has 0 radical (unpaired) electrons. The van der Waals surface area contributed by atoms with Crippen LogP contribution in [0, 0.1) is 12.7 Å². The molecule has 1 aromatic carbocycles. The van der Waals surface area contributed by atoms with Crippen molar-refractivity contribution in [3.8, 4) is 5.75 Å². The van der Waals surface area contributed by atoms with Gasteiger partial charge in [-0.1, -0.05) is 23.9 Å². The number of nitrogens with one attached hydrogen (secondary N) is 1. The lowest BCUT2D eigenvalue weighted by Crippen LogP contribution is -2.39. The number of benzene rings is 1. The molecule has 1 unspecified atom stereocenters. The first-order valence-electron chi connectivity index (χ1n) is 8.31. The van der Waals surface area contributed by atoms with Crippen LogP contribution in [-0.4, -0.2) is 45.7 Å². The number of carbonyl (C=O) groups excluding carboxylic acids is 1. The van der Waals surface area contributed by atoms with E-state index in [9.17, 15) is 14.0 Å². The molecule has 0 aliphatic rings. The van der Waals surface area contributed by atoms with E-state index >= 15 is 0 Å². The maximum Gasteiger partial charge on any atom is 0.251 e. The van der Waals surface area contributed by atoms with E-state index < -0.39 is 11.1 Å². The van der Waals surface area contributed by atoms with Gasteiger partial charge in [-0.3, -0.25) is 9.59 Å². The molecule has 1 amide bonds. The number of amides is 1. The smallest absolute Gasteiger partial charge is 0.251 e. The Morgan fingerprint density at radius 3 is 2.81 bits per heavy atom. The van der Waals surface area contributed by atoms with E-state index in [4.69, 9.17) is 4.74 Å². The average molecular weight is 379 g/mol. The molecule has 0 fully saturated rings. The van der Waals surface area contributed by atoms with Gasteiger partial charge in [0.15, 0.2) is 16.7 Å². The van der Waals surface area contributed by atoms with Crippen LogP contribution in [0.1, 0.15) is 19.5 Å². The predicted molar refractivity (Wildman–Crippen MR) is 99.1 cm³/mol. The van der Waals surface area contributed by atoms with Crippen LogP contribution in [0.5, 0.6) is 5.75 Å². The molecule has 1 N–H and O–H groups in total. The minimum atomic E-state index is -0.430. The fraction of sp³-hybridized carbons (Fsp3) is 0.389. The topological polar surface area (TPSA) is 75.3 Å². The Kier molecular flexibility index (Phi) is 7.20. The Hall–Kier alpha value is -2.35. The molecule has 2 aromatic rings. The van der Waals surface area contributed by atoms with Crippen molar-refractivity contribution in [2.45, 2.75) is 31.2 Å². The van der Waals surface area contributed by atoms with Crippen molar-refractivity contribution >= 4 is 17.7 Å². The highest BCUT2D eigenvalue weighted by atomic mass is 32.2. The van der Waals surface area contributed by atoms with Gasteiger partial charge in [0.1, 0.15) is 6.61 Å². The van der Waals surface area contributed by atoms with Crippen LogP contribution >= 0.6 is 11.8 Å². The molecule has 140 valence electrons. The molecular formula is C18H22FN3O3S. The molecule has 0 spiro atoms. The highest BCUT2D eigenvalue weighted by Crippen LogP contribution is 2.20. The first kappa shape index (κ1) is 20.0. The Balaban J connectivity index is 1.92. The molecule has 26 heavy (non-hydrogen) atoms. The van der Waals surface area contributed by atoms with Gasteiger partial charge in [0, 0.05) is 18.3 Å². The van der Waals surface area contributed by atoms with Crippen molar-refractivity contribution < 1.29 is 13.9 Å². The summed E-state index contributed by atoms with van der Waals surface area (Å²) < 4.78 is 19.0. The summed E-state index contributed by atoms with van der Waals surface area (Å²) in [7, 11) is 0. The number of aryl methyl sites for hydroxylation is 1. The van der Waals surface area contributed by atoms with E-state index in [1.54, 1.807) is 36.9 Å². The van der Waals surface area contributed by atoms with Crippen molar-refractivity contribution in [3.63, 3.8) is 0 Å². The van der Waals surface area contributed by atoms with E-state index in [0.29, 0.717) is 23.9 Å². The van der Waals surface area contributed by atoms with Crippen molar-refractivity contribution in [1.29, 1.82) is 0 Å². The minimum absolute atomic E-state index is 0.0983. The largest absolute Gasteiger partial charge is 0.489 e. The van der Waals surface area contributed by atoms with Crippen molar-refractivity contribution in [2.75, 3.05) is 19.7 Å². The monoisotopic (exact) mass is 379 g/mol. The summed E-state index contributed by atoms with van der Waals surface area (Å²) in [4.78, 5) is 32.6. The zero-order valence-corrected chi connectivity index (χ0v) is 15.8. The third-order valence-corrected chi connectivity index (χ3v) is 4.60. The number of hydrogen-bond acceptors (Lipinski definition) is 5. The standard InChI is InChI=1S/C18H22FN3O3S/c1-4-22(9-10-25-15-8-6-5-7-14(15)19)17(24)13(3)26-18-20-12(2)11-16(23)21-18/h5-8,11,13H,4,9-10H2,1-3H3,(H,20,21,23). The summed E-state index contributed by atoms with van der Waals surface area (Å²) in [5, 5.41) is -0.0112. The lowest BCUT2D eigenvalue weighted by Gasteiger charge is -2.24. The molecular weight excluding hydrogens is 357 g/mol. The van der Waals surface area contributed by atoms with Crippen LogP contribution in [0.3, 0.4) is 0 Å². The Bertz CT molecular complexity index is 812. The third-order valence-electron chi connectivity index (χ3n) is 3.63. The van der Waals surface area contributed by atoms with Gasteiger partial charge < -0.3 is 14.6 Å². The molecule has 0 saturated carbocycles. The first-order chi connectivity index (χ1) is 12.4. The number of H-pyrrole nitrogens is 1. The number of hydrogen-bond donors (Lipinski definition) is 1. The molecule has 1 atom stereocenters. The number of para-hydroxylation sites is 1. The molecule has 6 nitrogen and oxygen atoms in total. The maximum absolute atomic E-state index is 13.5. The number of likely N-dealkylation sites (N-methyl/N-ethyl adjacent to an activating group) is 1. The summed E-state index contributed by atoms with van der Waals surface area (Å²) in [6, 6.07) is 7.55. The van der Waals surface area contributed by atoms with Crippen molar-refractivity contribution in [2.24, 2.45) is 0 Å². The summed E-state index contributed by atoms with van der Waals surface area (Å²) >= 11 is 1.20. The molecule has 2 rings (SSSR count). The predicted octanol–water partition coefficient (Wildman–Crippen LogP) is 2.63. The number of aromatic amines is 1. The van der Waals surface area contributed by atoms with E-state index in [1.165, 1.54) is 23.9 Å². The van der Waals surface area contributed by atoms with E-state index in [0.717, 1.165) is 0 Å². The normalized spacial score (nSPS) is 11.8. The molecule has 0 bridgehead atoms. The Labute approximate surface area is 155 Å². The van der Waals surface area contributed by atoms with E-state index in [2.05, 4.69) is 9.97 Å². The second-order valence-corrected chi connectivity index (χ2v) is 6.98. The van der Waals surface area contributed by atoms with Gasteiger partial charge in [0.25, 0.3) is 5.56 Å². The van der Waals surface area contributed by atoms with Gasteiger partial charge in [0.2, 0.25) is 5.91 Å². The highest BCUT2D eigenvalue weighted by Gasteiger charge is 2.21. The van der Waals surface area contributed by atoms with Crippen LogP contribution in [0.4, 0.5) is 4.39 Å². The highest BCUT2D eigenvalue weighted by molar-refractivity contribution is 8.00. The second kappa shape index (κ2) is 9.38. The number of nitrogens with zero attached hydrogens (tertiary/aromatic N) is 2. The zero-order chi connectivity index (χ0) is 19.1. The van der Waals surface area contributed by atoms with Crippen LogP contribution in [0.25, 0.3) is 0 Å². The molecule has 1 aromatic heterocycles. The summed E-state index contributed by atoms with van der Waals surface area (Å²) in [5.41, 5.74) is 0.354. The maximum atomic E-state index is 13.5. The van der Waals surface area contributed by atoms with Crippen molar-refractivity contribution in [1.82, 2.24) is 14.9 Å². The third kappa shape index (κ3) is 5.59. The number of carbonyl (C=O) groups is 1. The van der Waals surface area contributed by atoms with Gasteiger partial charge in [0.05, 0.1) is 11.8 Å². The molecule has 8 heteroatoms. The Morgan fingerprint density at radius 2 is 2.15 bits per heavy atom. The lowest BCUT2D eigenvalue weighted by atomic mass is 10.3. The summed E-state index contributed by atoms with van der Waals surface area (Å²) in [5.74, 6) is -0.362. The van der Waals surface area contributed by atoms with Crippen LogP contribution in [-0.2, 0) is 4.79 Å². The van der Waals surface area contributed by atoms with Gasteiger partial charge in [-0.2, -0.15) is 0 Å². The fourth-order valence-electron chi connectivity index (χ4n) is 2.33. The molecule has 0 aliphatic heterocycles.